The second kappa shape index (κ2) is 8.21. The Hall–Kier alpha value is -2.93. The van der Waals surface area contributed by atoms with Gasteiger partial charge in [0.1, 0.15) is 5.75 Å². The fraction of sp³-hybridized carbons (Fsp3) is 0.273. The molecule has 0 fully saturated rings. The van der Waals surface area contributed by atoms with Crippen LogP contribution in [0.1, 0.15) is 27.2 Å². The van der Waals surface area contributed by atoms with E-state index in [1.54, 1.807) is 19.1 Å². The van der Waals surface area contributed by atoms with Gasteiger partial charge < -0.3 is 10.1 Å². The van der Waals surface area contributed by atoms with Crippen molar-refractivity contribution in [2.24, 2.45) is 0 Å². The summed E-state index contributed by atoms with van der Waals surface area (Å²) in [5, 5.41) is 3.59. The zero-order valence-electron chi connectivity index (χ0n) is 16.9. The van der Waals surface area contributed by atoms with Crippen LogP contribution < -0.4 is 10.1 Å². The Morgan fingerprint density at radius 3 is 2.41 bits per heavy atom. The van der Waals surface area contributed by atoms with Crippen molar-refractivity contribution >= 4 is 26.6 Å². The molecule has 152 valence electrons. The zero-order valence-corrected chi connectivity index (χ0v) is 17.8. The van der Waals surface area contributed by atoms with Crippen LogP contribution in [-0.2, 0) is 9.84 Å². The molecule has 0 aliphatic carbocycles. The third-order valence-electron chi connectivity index (χ3n) is 4.76. The van der Waals surface area contributed by atoms with Crippen LogP contribution >= 0.6 is 0 Å². The van der Waals surface area contributed by atoms with Gasteiger partial charge in [0.15, 0.2) is 9.84 Å². The minimum atomic E-state index is -3.51. The third-order valence-corrected chi connectivity index (χ3v) is 6.49. The molecule has 0 atom stereocenters. The Morgan fingerprint density at radius 1 is 1.07 bits per heavy atom. The number of hydrogen-bond donors (Lipinski definition) is 1. The highest BCUT2D eigenvalue weighted by Crippen LogP contribution is 2.22. The minimum absolute atomic E-state index is 0.0114. The maximum atomic E-state index is 12.6. The molecule has 1 N–H and O–H groups in total. The van der Waals surface area contributed by atoms with E-state index in [0.717, 1.165) is 22.0 Å². The summed E-state index contributed by atoms with van der Waals surface area (Å²) in [5.41, 5.74) is 4.08. The third kappa shape index (κ3) is 4.56. The Labute approximate surface area is 170 Å². The predicted octanol–water partition coefficient (Wildman–Crippen LogP) is 3.37. The molecule has 1 heterocycles. The first kappa shape index (κ1) is 20.8. The topological polar surface area (TPSA) is 85.4 Å². The number of aromatic nitrogens is 1. The van der Waals surface area contributed by atoms with Crippen LogP contribution in [0, 0.1) is 20.8 Å². The van der Waals surface area contributed by atoms with Gasteiger partial charge in [-0.1, -0.05) is 11.6 Å². The standard InChI is InChI=1S/C22H24N2O4S/c1-14-11-15(2)21-17(12-14)13-20(16(3)24-21)22(25)23-9-10-29(26,27)19-7-5-18(28-4)6-8-19/h5-8,11-13H,9-10H2,1-4H3,(H,23,25). The normalized spacial score (nSPS) is 11.4. The molecule has 1 aromatic heterocycles. The van der Waals surface area contributed by atoms with Crippen LogP contribution in [0.5, 0.6) is 5.75 Å². The molecule has 0 radical (unpaired) electrons. The van der Waals surface area contributed by atoms with Crippen molar-refractivity contribution in [1.29, 1.82) is 0 Å². The molecule has 0 bridgehead atoms. The van der Waals surface area contributed by atoms with Gasteiger partial charge in [0, 0.05) is 11.9 Å². The van der Waals surface area contributed by atoms with Gasteiger partial charge in [-0.05, 0) is 62.7 Å². The summed E-state index contributed by atoms with van der Waals surface area (Å²) in [7, 11) is -1.99. The number of ether oxygens (including phenoxy) is 1. The average molecular weight is 413 g/mol. The first-order valence-electron chi connectivity index (χ1n) is 9.25. The highest BCUT2D eigenvalue weighted by Gasteiger charge is 2.17. The van der Waals surface area contributed by atoms with Crippen LogP contribution in [-0.4, -0.2) is 38.7 Å². The molecule has 0 aliphatic heterocycles. The van der Waals surface area contributed by atoms with Crippen molar-refractivity contribution in [3.05, 3.63) is 64.8 Å². The molecular formula is C22H24N2O4S. The van der Waals surface area contributed by atoms with Crippen molar-refractivity contribution in [3.63, 3.8) is 0 Å². The van der Waals surface area contributed by atoms with E-state index in [2.05, 4.69) is 16.4 Å². The van der Waals surface area contributed by atoms with Crippen molar-refractivity contribution < 1.29 is 17.9 Å². The molecule has 6 nitrogen and oxygen atoms in total. The van der Waals surface area contributed by atoms with Crippen LogP contribution in [0.4, 0.5) is 0 Å². The number of nitrogens with one attached hydrogen (secondary N) is 1. The average Bonchev–Trinajstić information content (AvgIpc) is 2.68. The van der Waals surface area contributed by atoms with E-state index >= 15 is 0 Å². The molecule has 3 aromatic rings. The summed E-state index contributed by atoms with van der Waals surface area (Å²) >= 11 is 0. The second-order valence-corrected chi connectivity index (χ2v) is 9.13. The Kier molecular flexibility index (Phi) is 5.88. The number of pyridine rings is 1. The lowest BCUT2D eigenvalue weighted by Gasteiger charge is -2.11. The number of methoxy groups -OCH3 is 1. The molecule has 0 saturated carbocycles. The lowest BCUT2D eigenvalue weighted by Crippen LogP contribution is -2.29. The summed E-state index contributed by atoms with van der Waals surface area (Å²) < 4.78 is 30.0. The highest BCUT2D eigenvalue weighted by atomic mass is 32.2. The highest BCUT2D eigenvalue weighted by molar-refractivity contribution is 7.91. The number of carbonyl (C=O) groups excluding carboxylic acids is 1. The van der Waals surface area contributed by atoms with Gasteiger partial charge in [-0.2, -0.15) is 0 Å². The number of carbonyl (C=O) groups is 1. The molecule has 1 amide bonds. The van der Waals surface area contributed by atoms with E-state index in [4.69, 9.17) is 4.74 Å². The predicted molar refractivity (Wildman–Crippen MR) is 113 cm³/mol. The largest absolute Gasteiger partial charge is 0.497 e. The number of amides is 1. The van der Waals surface area contributed by atoms with Crippen LogP contribution in [0.2, 0.25) is 0 Å². The van der Waals surface area contributed by atoms with Gasteiger partial charge in [0.25, 0.3) is 5.91 Å². The van der Waals surface area contributed by atoms with Gasteiger partial charge in [0.2, 0.25) is 0 Å². The maximum absolute atomic E-state index is 12.6. The first-order valence-corrected chi connectivity index (χ1v) is 10.9. The fourth-order valence-electron chi connectivity index (χ4n) is 3.27. The number of rotatable bonds is 6. The van der Waals surface area contributed by atoms with Gasteiger partial charge >= 0.3 is 0 Å². The van der Waals surface area contributed by atoms with E-state index in [1.165, 1.54) is 19.2 Å². The molecule has 0 saturated heterocycles. The number of aryl methyl sites for hydroxylation is 3. The van der Waals surface area contributed by atoms with E-state index in [1.807, 2.05) is 26.0 Å². The Balaban J connectivity index is 1.72. The number of fused-ring (bicyclic) bond motifs is 1. The number of benzene rings is 2. The molecule has 2 aromatic carbocycles. The minimum Gasteiger partial charge on any atom is -0.497 e. The molecule has 7 heteroatoms. The Morgan fingerprint density at radius 2 is 1.76 bits per heavy atom. The van der Waals surface area contributed by atoms with E-state index < -0.39 is 9.84 Å². The monoisotopic (exact) mass is 412 g/mol. The quantitative estimate of drug-likeness (QED) is 0.671. The summed E-state index contributed by atoms with van der Waals surface area (Å²) in [6.07, 6.45) is 0. The summed E-state index contributed by atoms with van der Waals surface area (Å²) in [6.45, 7) is 5.78. The SMILES string of the molecule is COc1ccc(S(=O)(=O)CCNC(=O)c2cc3cc(C)cc(C)c3nc2C)cc1. The van der Waals surface area contributed by atoms with Crippen LogP contribution in [0.25, 0.3) is 10.9 Å². The number of hydrogen-bond acceptors (Lipinski definition) is 5. The van der Waals surface area contributed by atoms with Crippen molar-refractivity contribution in [3.8, 4) is 5.75 Å². The van der Waals surface area contributed by atoms with Crippen molar-refractivity contribution in [2.75, 3.05) is 19.4 Å². The number of nitrogens with zero attached hydrogens (tertiary/aromatic N) is 1. The zero-order chi connectivity index (χ0) is 21.2. The lowest BCUT2D eigenvalue weighted by molar-refractivity contribution is 0.0955. The van der Waals surface area contributed by atoms with Gasteiger partial charge in [0.05, 0.1) is 34.5 Å². The first-order chi connectivity index (χ1) is 13.7. The van der Waals surface area contributed by atoms with Crippen molar-refractivity contribution in [1.82, 2.24) is 10.3 Å². The van der Waals surface area contributed by atoms with Gasteiger partial charge in [-0.3, -0.25) is 9.78 Å². The molecule has 3 rings (SSSR count). The number of sulfone groups is 1. The maximum Gasteiger partial charge on any atom is 0.253 e. The van der Waals surface area contributed by atoms with E-state index in [-0.39, 0.29) is 23.1 Å². The smallest absolute Gasteiger partial charge is 0.253 e. The Bertz CT molecular complexity index is 1170. The summed E-state index contributed by atoms with van der Waals surface area (Å²) in [6, 6.07) is 12.0. The molecule has 29 heavy (non-hydrogen) atoms. The summed E-state index contributed by atoms with van der Waals surface area (Å²) in [5.74, 6) is 0.0616. The van der Waals surface area contributed by atoms with E-state index in [9.17, 15) is 13.2 Å². The summed E-state index contributed by atoms with van der Waals surface area (Å²) in [4.78, 5) is 17.4. The molecule has 0 spiro atoms. The van der Waals surface area contributed by atoms with Crippen LogP contribution in [0.3, 0.4) is 0 Å². The van der Waals surface area contributed by atoms with Crippen LogP contribution in [0.15, 0.2) is 47.4 Å². The molecular weight excluding hydrogens is 388 g/mol. The fourth-order valence-corrected chi connectivity index (χ4v) is 4.43. The van der Waals surface area contributed by atoms with Crippen molar-refractivity contribution in [2.45, 2.75) is 25.7 Å². The molecule has 0 aliphatic rings. The molecule has 0 unspecified atom stereocenters. The lowest BCUT2D eigenvalue weighted by atomic mass is 10.0. The second-order valence-electron chi connectivity index (χ2n) is 7.03. The van der Waals surface area contributed by atoms with Gasteiger partial charge in [-0.25, -0.2) is 8.42 Å². The van der Waals surface area contributed by atoms with Gasteiger partial charge in [-0.15, -0.1) is 0 Å². The van der Waals surface area contributed by atoms with E-state index in [0.29, 0.717) is 17.0 Å².